The molecule has 0 saturated carbocycles. The van der Waals surface area contributed by atoms with Gasteiger partial charge in [-0.3, -0.25) is 9.10 Å². The fourth-order valence-corrected chi connectivity index (χ4v) is 4.59. The van der Waals surface area contributed by atoms with Gasteiger partial charge in [-0.25, -0.2) is 12.8 Å². The van der Waals surface area contributed by atoms with E-state index in [1.165, 1.54) is 36.4 Å². The van der Waals surface area contributed by atoms with Gasteiger partial charge in [-0.15, -0.1) is 0 Å². The number of anilines is 1. The molecule has 3 aromatic rings. The lowest BCUT2D eigenvalue weighted by Crippen LogP contribution is -2.42. The van der Waals surface area contributed by atoms with Gasteiger partial charge < -0.3 is 14.8 Å². The average molecular weight is 487 g/mol. The highest BCUT2D eigenvalue weighted by Gasteiger charge is 2.29. The molecule has 0 radical (unpaired) electrons. The highest BCUT2D eigenvalue weighted by atomic mass is 32.2. The first-order valence-electron chi connectivity index (χ1n) is 10.8. The molecule has 34 heavy (non-hydrogen) atoms. The number of rotatable bonds is 11. The zero-order valence-corrected chi connectivity index (χ0v) is 19.8. The van der Waals surface area contributed by atoms with E-state index in [0.717, 1.165) is 9.87 Å². The first kappa shape index (κ1) is 25.0. The summed E-state index contributed by atoms with van der Waals surface area (Å²) in [5, 5.41) is 2.66. The first-order valence-corrected chi connectivity index (χ1v) is 12.2. The molecule has 9 heteroatoms. The van der Waals surface area contributed by atoms with E-state index in [1.807, 2.05) is 6.92 Å². The Kier molecular flexibility index (Phi) is 8.48. The van der Waals surface area contributed by atoms with E-state index in [2.05, 4.69) is 5.32 Å². The normalized spacial score (nSPS) is 11.0. The summed E-state index contributed by atoms with van der Waals surface area (Å²) >= 11 is 0. The molecule has 0 aromatic heterocycles. The van der Waals surface area contributed by atoms with E-state index in [0.29, 0.717) is 18.1 Å². The second-order valence-electron chi connectivity index (χ2n) is 7.38. The first-order chi connectivity index (χ1) is 16.3. The quantitative estimate of drug-likeness (QED) is 0.415. The molecule has 0 atom stereocenters. The van der Waals surface area contributed by atoms with Crippen molar-refractivity contribution in [3.05, 3.63) is 84.2 Å². The lowest BCUT2D eigenvalue weighted by Gasteiger charge is -2.26. The molecule has 0 unspecified atom stereocenters. The van der Waals surface area contributed by atoms with Crippen LogP contribution in [0.5, 0.6) is 11.5 Å². The second kappa shape index (κ2) is 11.5. The van der Waals surface area contributed by atoms with E-state index >= 15 is 0 Å². The molecule has 0 aliphatic heterocycles. The molecule has 1 amide bonds. The van der Waals surface area contributed by atoms with Crippen LogP contribution in [0.25, 0.3) is 0 Å². The number of para-hydroxylation sites is 2. The summed E-state index contributed by atoms with van der Waals surface area (Å²) in [6.45, 7) is 3.82. The summed E-state index contributed by atoms with van der Waals surface area (Å²) in [7, 11) is -4.06. The van der Waals surface area contributed by atoms with E-state index < -0.39 is 22.5 Å². The SMILES string of the molecule is CCOc1ccccc1N(CC(=O)NCCOc1ccc(F)cc1)S(=O)(=O)c1ccc(C)cc1. The number of amides is 1. The summed E-state index contributed by atoms with van der Waals surface area (Å²) < 4.78 is 52.1. The molecule has 1 N–H and O–H groups in total. The smallest absolute Gasteiger partial charge is 0.264 e. The van der Waals surface area contributed by atoms with Crippen LogP contribution >= 0.6 is 0 Å². The molecule has 3 rings (SSSR count). The number of halogens is 1. The lowest BCUT2D eigenvalue weighted by atomic mass is 10.2. The average Bonchev–Trinajstić information content (AvgIpc) is 2.82. The van der Waals surface area contributed by atoms with Crippen LogP contribution in [0.15, 0.2) is 77.7 Å². The lowest BCUT2D eigenvalue weighted by molar-refractivity contribution is -0.119. The predicted molar refractivity (Wildman–Crippen MR) is 128 cm³/mol. The van der Waals surface area contributed by atoms with Gasteiger partial charge in [0, 0.05) is 0 Å². The number of aryl methyl sites for hydroxylation is 1. The second-order valence-corrected chi connectivity index (χ2v) is 9.24. The van der Waals surface area contributed by atoms with Gasteiger partial charge in [0.25, 0.3) is 10.0 Å². The zero-order valence-electron chi connectivity index (χ0n) is 19.0. The third-order valence-electron chi connectivity index (χ3n) is 4.84. The minimum atomic E-state index is -4.06. The Balaban J connectivity index is 1.76. The van der Waals surface area contributed by atoms with Crippen molar-refractivity contribution in [2.45, 2.75) is 18.7 Å². The standard InChI is InChI=1S/C25H27FN2O5S/c1-3-32-24-7-5-4-6-23(24)28(34(30,31)22-14-8-19(2)9-15-22)18-25(29)27-16-17-33-21-12-10-20(26)11-13-21/h4-15H,3,16-18H2,1-2H3,(H,27,29). The molecule has 3 aromatic carbocycles. The third kappa shape index (κ3) is 6.48. The van der Waals surface area contributed by atoms with E-state index in [9.17, 15) is 17.6 Å². The third-order valence-corrected chi connectivity index (χ3v) is 6.61. The molecular weight excluding hydrogens is 459 g/mol. The number of hydrogen-bond acceptors (Lipinski definition) is 5. The van der Waals surface area contributed by atoms with Gasteiger partial charge in [0.05, 0.1) is 23.7 Å². The summed E-state index contributed by atoms with van der Waals surface area (Å²) in [4.78, 5) is 12.8. The van der Waals surface area contributed by atoms with Crippen molar-refractivity contribution in [2.24, 2.45) is 0 Å². The number of carbonyl (C=O) groups is 1. The van der Waals surface area contributed by atoms with Gasteiger partial charge in [-0.05, 0) is 62.4 Å². The van der Waals surface area contributed by atoms with E-state index in [4.69, 9.17) is 9.47 Å². The van der Waals surface area contributed by atoms with Gasteiger partial charge in [0.2, 0.25) is 5.91 Å². The highest BCUT2D eigenvalue weighted by molar-refractivity contribution is 7.92. The van der Waals surface area contributed by atoms with Crippen molar-refractivity contribution in [1.82, 2.24) is 5.32 Å². The maximum Gasteiger partial charge on any atom is 0.264 e. The Morgan fingerprint density at radius 3 is 2.32 bits per heavy atom. The van der Waals surface area contributed by atoms with Crippen LogP contribution in [0.3, 0.4) is 0 Å². The minimum absolute atomic E-state index is 0.0665. The maximum atomic E-state index is 13.5. The Morgan fingerprint density at radius 2 is 1.65 bits per heavy atom. The van der Waals surface area contributed by atoms with Gasteiger partial charge >= 0.3 is 0 Å². The fraction of sp³-hybridized carbons (Fsp3) is 0.240. The Hall–Kier alpha value is -3.59. The molecule has 0 heterocycles. The number of carbonyl (C=O) groups excluding carboxylic acids is 1. The van der Waals surface area contributed by atoms with Crippen LogP contribution in [0.4, 0.5) is 10.1 Å². The number of hydrogen-bond donors (Lipinski definition) is 1. The summed E-state index contributed by atoms with van der Waals surface area (Å²) in [6, 6.07) is 18.6. The molecule has 0 saturated heterocycles. The molecule has 0 bridgehead atoms. The summed E-state index contributed by atoms with van der Waals surface area (Å²) in [6.07, 6.45) is 0. The monoisotopic (exact) mass is 486 g/mol. The van der Waals surface area contributed by atoms with Crippen molar-refractivity contribution in [1.29, 1.82) is 0 Å². The number of nitrogens with zero attached hydrogens (tertiary/aromatic N) is 1. The van der Waals surface area contributed by atoms with Crippen molar-refractivity contribution < 1.29 is 27.1 Å². The number of sulfonamides is 1. The van der Waals surface area contributed by atoms with Gasteiger partial charge in [0.1, 0.15) is 30.5 Å². The zero-order chi connectivity index (χ0) is 24.6. The van der Waals surface area contributed by atoms with Crippen LogP contribution in [-0.2, 0) is 14.8 Å². The number of ether oxygens (including phenoxy) is 2. The van der Waals surface area contributed by atoms with Crippen LogP contribution < -0.4 is 19.1 Å². The van der Waals surface area contributed by atoms with Crippen molar-refractivity contribution in [2.75, 3.05) is 30.6 Å². The van der Waals surface area contributed by atoms with Crippen LogP contribution in [-0.4, -0.2) is 40.6 Å². The largest absolute Gasteiger partial charge is 0.492 e. The van der Waals surface area contributed by atoms with E-state index in [-0.39, 0.29) is 29.6 Å². The topological polar surface area (TPSA) is 84.9 Å². The van der Waals surface area contributed by atoms with Gasteiger partial charge in [-0.1, -0.05) is 29.8 Å². The molecule has 0 spiro atoms. The summed E-state index contributed by atoms with van der Waals surface area (Å²) in [5.74, 6) is -0.0643. The Morgan fingerprint density at radius 1 is 0.971 bits per heavy atom. The highest BCUT2D eigenvalue weighted by Crippen LogP contribution is 2.32. The fourth-order valence-electron chi connectivity index (χ4n) is 3.15. The van der Waals surface area contributed by atoms with Crippen LogP contribution in [0, 0.1) is 12.7 Å². The molecule has 0 fully saturated rings. The van der Waals surface area contributed by atoms with Gasteiger partial charge in [-0.2, -0.15) is 0 Å². The van der Waals surface area contributed by atoms with Crippen LogP contribution in [0.1, 0.15) is 12.5 Å². The van der Waals surface area contributed by atoms with E-state index in [1.54, 1.807) is 43.3 Å². The minimum Gasteiger partial charge on any atom is -0.492 e. The maximum absolute atomic E-state index is 13.5. The summed E-state index contributed by atoms with van der Waals surface area (Å²) in [5.41, 5.74) is 1.18. The molecule has 7 nitrogen and oxygen atoms in total. The van der Waals surface area contributed by atoms with Crippen molar-refractivity contribution >= 4 is 21.6 Å². The Bertz CT molecular complexity index is 1200. The van der Waals surface area contributed by atoms with Gasteiger partial charge in [0.15, 0.2) is 0 Å². The molecule has 0 aliphatic rings. The number of benzene rings is 3. The molecular formula is C25H27FN2O5S. The van der Waals surface area contributed by atoms with Crippen molar-refractivity contribution in [3.63, 3.8) is 0 Å². The Labute approximate surface area is 199 Å². The number of nitrogens with one attached hydrogen (secondary N) is 1. The van der Waals surface area contributed by atoms with Crippen LogP contribution in [0.2, 0.25) is 0 Å². The predicted octanol–water partition coefficient (Wildman–Crippen LogP) is 3.92. The molecule has 0 aliphatic carbocycles. The molecule has 180 valence electrons. The van der Waals surface area contributed by atoms with Crippen molar-refractivity contribution in [3.8, 4) is 11.5 Å².